The molecule has 1 aromatic rings. The zero-order valence-electron chi connectivity index (χ0n) is 11.2. The maximum Gasteiger partial charge on any atom is 0.240 e. The molecule has 1 aromatic carbocycles. The van der Waals surface area contributed by atoms with Gasteiger partial charge in [0.1, 0.15) is 5.75 Å². The first kappa shape index (κ1) is 16.3. The van der Waals surface area contributed by atoms with Crippen molar-refractivity contribution in [2.45, 2.75) is 24.5 Å². The van der Waals surface area contributed by atoms with Gasteiger partial charge in [-0.1, -0.05) is 0 Å². The minimum Gasteiger partial charge on any atom is -0.496 e. The number of hydrogen-bond donors (Lipinski definition) is 2. The van der Waals surface area contributed by atoms with E-state index in [1.807, 2.05) is 13.2 Å². The third-order valence-corrected chi connectivity index (χ3v) is 4.93. The van der Waals surface area contributed by atoms with Crippen LogP contribution >= 0.6 is 11.8 Å². The third kappa shape index (κ3) is 4.38. The van der Waals surface area contributed by atoms with Crippen LogP contribution in [-0.2, 0) is 16.6 Å². The van der Waals surface area contributed by atoms with Crippen LogP contribution in [0, 0.1) is 0 Å². The van der Waals surface area contributed by atoms with Gasteiger partial charge in [-0.15, -0.1) is 0 Å². The Morgan fingerprint density at radius 2 is 2.16 bits per heavy atom. The Morgan fingerprint density at radius 1 is 1.47 bits per heavy atom. The second-order valence-corrected chi connectivity index (χ2v) is 6.73. The minimum atomic E-state index is -3.57. The van der Waals surface area contributed by atoms with E-state index in [-0.39, 0.29) is 17.5 Å². The van der Waals surface area contributed by atoms with Gasteiger partial charge >= 0.3 is 0 Å². The lowest BCUT2D eigenvalue weighted by Crippen LogP contribution is -2.34. The van der Waals surface area contributed by atoms with Gasteiger partial charge in [-0.25, -0.2) is 13.1 Å². The SMILES string of the molecule is COc1ccc(S(=O)(=O)NC(C)CSC)cc1CO. The summed E-state index contributed by atoms with van der Waals surface area (Å²) in [7, 11) is -2.10. The van der Waals surface area contributed by atoms with Crippen LogP contribution in [0.2, 0.25) is 0 Å². The van der Waals surface area contributed by atoms with Crippen molar-refractivity contribution in [2.24, 2.45) is 0 Å². The van der Waals surface area contributed by atoms with Crippen LogP contribution in [0.1, 0.15) is 12.5 Å². The Hall–Kier alpha value is -0.760. The highest BCUT2D eigenvalue weighted by Gasteiger charge is 2.18. The fraction of sp³-hybridized carbons (Fsp3) is 0.500. The number of methoxy groups -OCH3 is 1. The van der Waals surface area contributed by atoms with Gasteiger partial charge in [0.25, 0.3) is 0 Å². The monoisotopic (exact) mass is 305 g/mol. The van der Waals surface area contributed by atoms with E-state index in [1.165, 1.54) is 19.2 Å². The van der Waals surface area contributed by atoms with Crippen LogP contribution in [-0.4, -0.2) is 38.7 Å². The van der Waals surface area contributed by atoms with Crippen molar-refractivity contribution < 1.29 is 18.3 Å². The molecule has 2 N–H and O–H groups in total. The molecule has 1 rings (SSSR count). The fourth-order valence-electron chi connectivity index (χ4n) is 1.66. The van der Waals surface area contributed by atoms with Crippen LogP contribution < -0.4 is 9.46 Å². The fourth-order valence-corrected chi connectivity index (χ4v) is 3.65. The van der Waals surface area contributed by atoms with Gasteiger partial charge in [0, 0.05) is 17.4 Å². The summed E-state index contributed by atoms with van der Waals surface area (Å²) in [4.78, 5) is 0.130. The highest BCUT2D eigenvalue weighted by Crippen LogP contribution is 2.22. The van der Waals surface area contributed by atoms with Crippen molar-refractivity contribution in [1.29, 1.82) is 0 Å². The number of thioether (sulfide) groups is 1. The van der Waals surface area contributed by atoms with Crippen molar-refractivity contribution in [3.05, 3.63) is 23.8 Å². The largest absolute Gasteiger partial charge is 0.496 e. The number of aliphatic hydroxyl groups excluding tert-OH is 1. The van der Waals surface area contributed by atoms with Gasteiger partial charge < -0.3 is 9.84 Å². The predicted molar refractivity (Wildman–Crippen MR) is 77.1 cm³/mol. The highest BCUT2D eigenvalue weighted by molar-refractivity contribution is 7.98. The summed E-state index contributed by atoms with van der Waals surface area (Å²) in [6.07, 6.45) is 1.92. The maximum absolute atomic E-state index is 12.1. The van der Waals surface area contributed by atoms with Gasteiger partial charge in [0.2, 0.25) is 10.0 Å². The summed E-state index contributed by atoms with van der Waals surface area (Å²) in [6, 6.07) is 4.28. The summed E-state index contributed by atoms with van der Waals surface area (Å²) in [5, 5.41) is 9.21. The average Bonchev–Trinajstić information content (AvgIpc) is 2.37. The van der Waals surface area contributed by atoms with Crippen molar-refractivity contribution in [3.8, 4) is 5.75 Å². The van der Waals surface area contributed by atoms with Gasteiger partial charge in [0.15, 0.2) is 0 Å². The van der Waals surface area contributed by atoms with Gasteiger partial charge in [-0.2, -0.15) is 11.8 Å². The van der Waals surface area contributed by atoms with E-state index < -0.39 is 10.0 Å². The number of aliphatic hydroxyl groups is 1. The molecular formula is C12H19NO4S2. The molecule has 0 spiro atoms. The third-order valence-electron chi connectivity index (χ3n) is 2.51. The molecular weight excluding hydrogens is 286 g/mol. The van der Waals surface area contributed by atoms with E-state index in [4.69, 9.17) is 4.74 Å². The zero-order chi connectivity index (χ0) is 14.5. The molecule has 1 unspecified atom stereocenters. The molecule has 7 heteroatoms. The predicted octanol–water partition coefficient (Wildman–Crippen LogP) is 1.22. The molecule has 0 amide bonds. The molecule has 5 nitrogen and oxygen atoms in total. The van der Waals surface area contributed by atoms with Crippen molar-refractivity contribution in [1.82, 2.24) is 4.72 Å². The number of sulfonamides is 1. The molecule has 0 fully saturated rings. The van der Waals surface area contributed by atoms with Crippen LogP contribution in [0.4, 0.5) is 0 Å². The lowest BCUT2D eigenvalue weighted by atomic mass is 10.2. The molecule has 0 aromatic heterocycles. The van der Waals surface area contributed by atoms with E-state index in [0.717, 1.165) is 0 Å². The normalized spacial score (nSPS) is 13.3. The smallest absolute Gasteiger partial charge is 0.240 e. The number of hydrogen-bond acceptors (Lipinski definition) is 5. The molecule has 0 saturated carbocycles. The Labute approximate surface area is 118 Å². The Kier molecular flexibility index (Phi) is 6.12. The quantitative estimate of drug-likeness (QED) is 0.792. The van der Waals surface area contributed by atoms with E-state index in [0.29, 0.717) is 17.1 Å². The first-order valence-electron chi connectivity index (χ1n) is 5.73. The molecule has 0 heterocycles. The van der Waals surface area contributed by atoms with Crippen molar-refractivity contribution in [2.75, 3.05) is 19.1 Å². The molecule has 0 saturated heterocycles. The van der Waals surface area contributed by atoms with Crippen molar-refractivity contribution in [3.63, 3.8) is 0 Å². The molecule has 0 bridgehead atoms. The average molecular weight is 305 g/mol. The number of benzene rings is 1. The van der Waals surface area contributed by atoms with Gasteiger partial charge in [-0.05, 0) is 31.4 Å². The first-order valence-corrected chi connectivity index (χ1v) is 8.61. The van der Waals surface area contributed by atoms with E-state index in [9.17, 15) is 13.5 Å². The lowest BCUT2D eigenvalue weighted by molar-refractivity contribution is 0.273. The summed E-state index contributed by atoms with van der Waals surface area (Å²) < 4.78 is 31.9. The lowest BCUT2D eigenvalue weighted by Gasteiger charge is -2.14. The number of ether oxygens (including phenoxy) is 1. The van der Waals surface area contributed by atoms with Crippen molar-refractivity contribution >= 4 is 21.8 Å². The van der Waals surface area contributed by atoms with Crippen LogP contribution in [0.3, 0.4) is 0 Å². The standard InChI is InChI=1S/C12H19NO4S2/c1-9(8-18-3)13-19(15,16)11-4-5-12(17-2)10(6-11)7-14/h4-6,9,13-14H,7-8H2,1-3H3. The number of rotatable bonds is 7. The molecule has 1 atom stereocenters. The Balaban J connectivity index is 3.01. The molecule has 0 aliphatic rings. The topological polar surface area (TPSA) is 75.6 Å². The molecule has 0 aliphatic heterocycles. The second kappa shape index (κ2) is 7.14. The summed E-state index contributed by atoms with van der Waals surface area (Å²) in [5.74, 6) is 1.17. The minimum absolute atomic E-state index is 0.130. The summed E-state index contributed by atoms with van der Waals surface area (Å²) in [5.41, 5.74) is 0.447. The molecule has 0 radical (unpaired) electrons. The van der Waals surface area contributed by atoms with E-state index in [2.05, 4.69) is 4.72 Å². The van der Waals surface area contributed by atoms with E-state index in [1.54, 1.807) is 17.8 Å². The van der Waals surface area contributed by atoms with Gasteiger partial charge in [0.05, 0.1) is 18.6 Å². The van der Waals surface area contributed by atoms with E-state index >= 15 is 0 Å². The van der Waals surface area contributed by atoms with Crippen LogP contribution in [0.15, 0.2) is 23.1 Å². The summed E-state index contributed by atoms with van der Waals surface area (Å²) >= 11 is 1.57. The van der Waals surface area contributed by atoms with Crippen LogP contribution in [0.25, 0.3) is 0 Å². The zero-order valence-corrected chi connectivity index (χ0v) is 12.8. The summed E-state index contributed by atoms with van der Waals surface area (Å²) in [6.45, 7) is 1.54. The molecule has 0 aliphatic carbocycles. The van der Waals surface area contributed by atoms with Gasteiger partial charge in [-0.3, -0.25) is 0 Å². The van der Waals surface area contributed by atoms with Crippen LogP contribution in [0.5, 0.6) is 5.75 Å². The maximum atomic E-state index is 12.1. The highest BCUT2D eigenvalue weighted by atomic mass is 32.2. The molecule has 19 heavy (non-hydrogen) atoms. The Morgan fingerprint density at radius 3 is 2.68 bits per heavy atom. The number of nitrogens with one attached hydrogen (secondary N) is 1. The Bertz CT molecular complexity index is 516. The molecule has 108 valence electrons. The first-order chi connectivity index (χ1) is 8.94. The second-order valence-electron chi connectivity index (χ2n) is 4.11.